The number of carbonyl (C=O) groups is 3. The van der Waals surface area contributed by atoms with Crippen LogP contribution >= 0.6 is 0 Å². The number of piperidine rings is 1. The minimum Gasteiger partial charge on any atom is -0.376 e. The van der Waals surface area contributed by atoms with Gasteiger partial charge in [0, 0.05) is 43.3 Å². The lowest BCUT2D eigenvalue weighted by Gasteiger charge is -2.27. The van der Waals surface area contributed by atoms with Crippen LogP contribution in [0.15, 0.2) is 30.5 Å². The van der Waals surface area contributed by atoms with Gasteiger partial charge in [-0.05, 0) is 38.2 Å². The Morgan fingerprint density at radius 2 is 1.86 bits per heavy atom. The zero-order chi connectivity index (χ0) is 20.2. The van der Waals surface area contributed by atoms with Crippen molar-refractivity contribution in [1.29, 1.82) is 0 Å². The van der Waals surface area contributed by atoms with Crippen molar-refractivity contribution in [3.63, 3.8) is 0 Å². The highest BCUT2D eigenvalue weighted by Crippen LogP contribution is 2.23. The third-order valence-corrected chi connectivity index (χ3v) is 5.77. The van der Waals surface area contributed by atoms with Crippen LogP contribution in [0.1, 0.15) is 42.5 Å². The number of amides is 2. The van der Waals surface area contributed by atoms with E-state index in [1.807, 2.05) is 29.2 Å². The Labute approximate surface area is 170 Å². The maximum atomic E-state index is 12.8. The first-order chi connectivity index (χ1) is 14.1. The maximum Gasteiger partial charge on any atom is 0.292 e. The molecule has 2 aliphatic heterocycles. The summed E-state index contributed by atoms with van der Waals surface area (Å²) in [7, 11) is 0. The summed E-state index contributed by atoms with van der Waals surface area (Å²) in [5, 5.41) is 3.38. The van der Waals surface area contributed by atoms with Gasteiger partial charge in [0.2, 0.25) is 5.91 Å². The van der Waals surface area contributed by atoms with E-state index >= 15 is 0 Å². The Morgan fingerprint density at radius 1 is 1.07 bits per heavy atom. The number of hydrogen-bond acceptors (Lipinski definition) is 4. The number of ether oxygens (including phenoxy) is 1. The normalized spacial score (nSPS) is 19.4. The van der Waals surface area contributed by atoms with Crippen LogP contribution in [-0.4, -0.2) is 59.4 Å². The van der Waals surface area contributed by atoms with Crippen LogP contribution in [0.2, 0.25) is 0 Å². The molecule has 0 aliphatic carbocycles. The minimum absolute atomic E-state index is 0.0183. The quantitative estimate of drug-likeness (QED) is 0.598. The molecule has 2 fully saturated rings. The van der Waals surface area contributed by atoms with Crippen molar-refractivity contribution in [2.45, 2.75) is 44.8 Å². The van der Waals surface area contributed by atoms with Crippen molar-refractivity contribution >= 4 is 28.5 Å². The predicted molar refractivity (Wildman–Crippen MR) is 109 cm³/mol. The van der Waals surface area contributed by atoms with Crippen molar-refractivity contribution in [1.82, 2.24) is 14.8 Å². The first-order valence-corrected chi connectivity index (χ1v) is 10.4. The fourth-order valence-electron chi connectivity index (χ4n) is 4.16. The lowest BCUT2D eigenvalue weighted by atomic mass is 10.1. The monoisotopic (exact) mass is 397 g/mol. The van der Waals surface area contributed by atoms with Gasteiger partial charge in [-0.25, -0.2) is 0 Å². The Balaban J connectivity index is 1.51. The first-order valence-electron chi connectivity index (χ1n) is 10.4. The number of nitrogens with one attached hydrogen (secondary N) is 1. The van der Waals surface area contributed by atoms with Crippen LogP contribution in [0.3, 0.4) is 0 Å². The van der Waals surface area contributed by atoms with Crippen LogP contribution in [0.25, 0.3) is 10.9 Å². The third kappa shape index (κ3) is 4.34. The van der Waals surface area contributed by atoms with Crippen LogP contribution in [0.4, 0.5) is 0 Å². The second-order valence-corrected chi connectivity index (χ2v) is 7.80. The van der Waals surface area contributed by atoms with Crippen molar-refractivity contribution in [2.24, 2.45) is 0 Å². The highest BCUT2D eigenvalue weighted by atomic mass is 16.5. The lowest BCUT2D eigenvalue weighted by Crippen LogP contribution is -2.37. The fraction of sp³-hybridized carbons (Fsp3) is 0.500. The standard InChI is InChI=1S/C22H27N3O4/c26-20(24-10-4-1-5-11-24)15-25-14-18(17-8-2-3-9-19(17)25)21(27)22(28)23-13-16-7-6-12-29-16/h2-3,8-9,14,16H,1,4-7,10-13,15H2,(H,23,28)/t16-/m1/s1. The number of hydrogen-bond donors (Lipinski definition) is 1. The second-order valence-electron chi connectivity index (χ2n) is 7.80. The van der Waals surface area contributed by atoms with Crippen LogP contribution < -0.4 is 5.32 Å². The second kappa shape index (κ2) is 8.78. The smallest absolute Gasteiger partial charge is 0.292 e. The molecule has 1 atom stereocenters. The molecular formula is C22H27N3O4. The summed E-state index contributed by atoms with van der Waals surface area (Å²) in [4.78, 5) is 39.8. The SMILES string of the molecule is O=C(NC[C@H]1CCCO1)C(=O)c1cn(CC(=O)N2CCCCC2)c2ccccc12. The average Bonchev–Trinajstić information content (AvgIpc) is 3.40. The highest BCUT2D eigenvalue weighted by molar-refractivity contribution is 6.45. The Bertz CT molecular complexity index is 908. The van der Waals surface area contributed by atoms with E-state index in [-0.39, 0.29) is 18.6 Å². The van der Waals surface area contributed by atoms with E-state index in [0.29, 0.717) is 24.1 Å². The van der Waals surface area contributed by atoms with Crippen molar-refractivity contribution in [3.05, 3.63) is 36.0 Å². The minimum atomic E-state index is -0.634. The van der Waals surface area contributed by atoms with Gasteiger partial charge in [-0.3, -0.25) is 14.4 Å². The number of ketones is 1. The molecule has 1 aromatic carbocycles. The molecule has 154 valence electrons. The van der Waals surface area contributed by atoms with Crippen LogP contribution in [0.5, 0.6) is 0 Å². The summed E-state index contributed by atoms with van der Waals surface area (Å²) in [5.41, 5.74) is 1.12. The van der Waals surface area contributed by atoms with Crippen molar-refractivity contribution in [3.8, 4) is 0 Å². The van der Waals surface area contributed by atoms with E-state index in [1.165, 1.54) is 0 Å². The summed E-state index contributed by atoms with van der Waals surface area (Å²) in [6.07, 6.45) is 6.73. The number of rotatable bonds is 6. The van der Waals surface area contributed by atoms with E-state index < -0.39 is 11.7 Å². The molecule has 2 saturated heterocycles. The first kappa shape index (κ1) is 19.6. The predicted octanol–water partition coefficient (Wildman–Crippen LogP) is 2.13. The molecular weight excluding hydrogens is 370 g/mol. The van der Waals surface area contributed by atoms with Gasteiger partial charge in [0.15, 0.2) is 0 Å². The van der Waals surface area contributed by atoms with Gasteiger partial charge in [-0.2, -0.15) is 0 Å². The molecule has 0 radical (unpaired) electrons. The van der Waals surface area contributed by atoms with Gasteiger partial charge in [-0.1, -0.05) is 18.2 Å². The number of nitrogens with zero attached hydrogens (tertiary/aromatic N) is 2. The maximum absolute atomic E-state index is 12.8. The summed E-state index contributed by atoms with van der Waals surface area (Å²) >= 11 is 0. The molecule has 3 heterocycles. The molecule has 0 spiro atoms. The van der Waals surface area contributed by atoms with Gasteiger partial charge >= 0.3 is 0 Å². The molecule has 4 rings (SSSR count). The Kier molecular flexibility index (Phi) is 5.94. The van der Waals surface area contributed by atoms with Crippen molar-refractivity contribution in [2.75, 3.05) is 26.2 Å². The number of para-hydroxylation sites is 1. The Hall–Kier alpha value is -2.67. The molecule has 0 saturated carbocycles. The van der Waals surface area contributed by atoms with Gasteiger partial charge < -0.3 is 19.5 Å². The number of carbonyl (C=O) groups excluding carboxylic acids is 3. The zero-order valence-electron chi connectivity index (χ0n) is 16.6. The van der Waals surface area contributed by atoms with Gasteiger partial charge in [0.25, 0.3) is 11.7 Å². The summed E-state index contributed by atoms with van der Waals surface area (Å²) < 4.78 is 7.28. The topological polar surface area (TPSA) is 80.6 Å². The summed E-state index contributed by atoms with van der Waals surface area (Å²) in [6, 6.07) is 7.40. The van der Waals surface area contributed by atoms with Gasteiger partial charge in [-0.15, -0.1) is 0 Å². The van der Waals surface area contributed by atoms with Crippen LogP contribution in [-0.2, 0) is 20.9 Å². The van der Waals surface area contributed by atoms with Crippen molar-refractivity contribution < 1.29 is 19.1 Å². The number of benzene rings is 1. The molecule has 0 bridgehead atoms. The average molecular weight is 397 g/mol. The molecule has 1 N–H and O–H groups in total. The summed E-state index contributed by atoms with van der Waals surface area (Å²) in [6.45, 7) is 2.79. The molecule has 0 unspecified atom stereocenters. The largest absolute Gasteiger partial charge is 0.376 e. The molecule has 2 aliphatic rings. The molecule has 7 heteroatoms. The fourth-order valence-corrected chi connectivity index (χ4v) is 4.16. The summed E-state index contributed by atoms with van der Waals surface area (Å²) in [5.74, 6) is -1.17. The molecule has 2 amide bonds. The third-order valence-electron chi connectivity index (χ3n) is 5.77. The van der Waals surface area contributed by atoms with Gasteiger partial charge in [0.05, 0.1) is 11.7 Å². The Morgan fingerprint density at radius 3 is 2.62 bits per heavy atom. The van der Waals surface area contributed by atoms with E-state index in [9.17, 15) is 14.4 Å². The molecule has 29 heavy (non-hydrogen) atoms. The molecule has 1 aromatic heterocycles. The van der Waals surface area contributed by atoms with E-state index in [1.54, 1.807) is 10.8 Å². The van der Waals surface area contributed by atoms with E-state index in [4.69, 9.17) is 4.74 Å². The zero-order valence-corrected chi connectivity index (χ0v) is 16.6. The molecule has 7 nitrogen and oxygen atoms in total. The molecule has 2 aromatic rings. The van der Waals surface area contributed by atoms with E-state index in [2.05, 4.69) is 5.32 Å². The number of aromatic nitrogens is 1. The van der Waals surface area contributed by atoms with Crippen LogP contribution in [0, 0.1) is 0 Å². The van der Waals surface area contributed by atoms with E-state index in [0.717, 1.165) is 50.7 Å². The highest BCUT2D eigenvalue weighted by Gasteiger charge is 2.25. The number of Topliss-reactive ketones (excluding diaryl/α,β-unsaturated/α-hetero) is 1. The van der Waals surface area contributed by atoms with Gasteiger partial charge in [0.1, 0.15) is 6.54 Å². The number of likely N-dealkylation sites (tertiary alicyclic amines) is 1. The lowest BCUT2D eigenvalue weighted by molar-refractivity contribution is -0.132. The number of fused-ring (bicyclic) bond motifs is 1.